The minimum absolute atomic E-state index is 0.0438. The Bertz CT molecular complexity index is 237. The third kappa shape index (κ3) is 7.38. The Balaban J connectivity index is 3.65. The van der Waals surface area contributed by atoms with Crippen LogP contribution in [-0.4, -0.2) is 37.0 Å². The standard InChI is InChI=1S/C11H18N2O/c1-4-9-13(5-2)10-7-6-8-12-11(3)14/h4H,1,5,8-10H2,2-3H3,(H,12,14). The molecule has 0 aliphatic rings. The van der Waals surface area contributed by atoms with Gasteiger partial charge in [-0.2, -0.15) is 0 Å². The first kappa shape index (κ1) is 12.7. The summed E-state index contributed by atoms with van der Waals surface area (Å²) >= 11 is 0. The minimum atomic E-state index is -0.0438. The number of nitrogens with zero attached hydrogens (tertiary/aromatic N) is 1. The van der Waals surface area contributed by atoms with E-state index in [1.54, 1.807) is 0 Å². The zero-order chi connectivity index (χ0) is 10.8. The lowest BCUT2D eigenvalue weighted by Gasteiger charge is -2.13. The van der Waals surface area contributed by atoms with Gasteiger partial charge in [-0.1, -0.05) is 24.8 Å². The zero-order valence-electron chi connectivity index (χ0n) is 8.97. The number of likely N-dealkylation sites (N-methyl/N-ethyl adjacent to an activating group) is 1. The minimum Gasteiger partial charge on any atom is -0.345 e. The summed E-state index contributed by atoms with van der Waals surface area (Å²) in [5, 5.41) is 2.62. The molecule has 3 nitrogen and oxygen atoms in total. The van der Waals surface area contributed by atoms with Gasteiger partial charge in [-0.3, -0.25) is 9.69 Å². The molecular formula is C11H18N2O. The zero-order valence-corrected chi connectivity index (χ0v) is 8.97. The third-order valence-electron chi connectivity index (χ3n) is 1.69. The van der Waals surface area contributed by atoms with E-state index in [-0.39, 0.29) is 5.91 Å². The van der Waals surface area contributed by atoms with Crippen molar-refractivity contribution in [1.82, 2.24) is 10.2 Å². The molecule has 14 heavy (non-hydrogen) atoms. The number of carbonyl (C=O) groups is 1. The molecule has 0 aliphatic heterocycles. The molecule has 0 fully saturated rings. The first-order chi connectivity index (χ1) is 6.70. The molecule has 0 aromatic heterocycles. The van der Waals surface area contributed by atoms with Crippen LogP contribution in [0, 0.1) is 11.8 Å². The van der Waals surface area contributed by atoms with Crippen molar-refractivity contribution in [2.75, 3.05) is 26.2 Å². The van der Waals surface area contributed by atoms with Crippen molar-refractivity contribution in [2.45, 2.75) is 13.8 Å². The van der Waals surface area contributed by atoms with Crippen molar-refractivity contribution in [3.8, 4) is 11.8 Å². The normalized spacial score (nSPS) is 9.07. The average Bonchev–Trinajstić information content (AvgIpc) is 2.15. The smallest absolute Gasteiger partial charge is 0.217 e. The van der Waals surface area contributed by atoms with Crippen molar-refractivity contribution in [3.63, 3.8) is 0 Å². The summed E-state index contributed by atoms with van der Waals surface area (Å²) in [7, 11) is 0. The molecule has 0 heterocycles. The summed E-state index contributed by atoms with van der Waals surface area (Å²) in [6, 6.07) is 0. The summed E-state index contributed by atoms with van der Waals surface area (Å²) in [6.07, 6.45) is 1.86. The highest BCUT2D eigenvalue weighted by atomic mass is 16.1. The number of nitrogens with one attached hydrogen (secondary N) is 1. The highest BCUT2D eigenvalue weighted by molar-refractivity contribution is 5.73. The van der Waals surface area contributed by atoms with Gasteiger partial charge in [0.2, 0.25) is 5.91 Å². The molecule has 0 saturated carbocycles. The van der Waals surface area contributed by atoms with E-state index < -0.39 is 0 Å². The highest BCUT2D eigenvalue weighted by Crippen LogP contribution is 1.85. The lowest BCUT2D eigenvalue weighted by molar-refractivity contribution is -0.118. The summed E-state index contributed by atoms with van der Waals surface area (Å²) < 4.78 is 0. The second kappa shape index (κ2) is 8.33. The maximum Gasteiger partial charge on any atom is 0.217 e. The quantitative estimate of drug-likeness (QED) is 0.514. The SMILES string of the molecule is C=CCN(CC)CC#CCNC(C)=O. The van der Waals surface area contributed by atoms with Gasteiger partial charge in [0.1, 0.15) is 0 Å². The van der Waals surface area contributed by atoms with Crippen molar-refractivity contribution < 1.29 is 4.79 Å². The fourth-order valence-electron chi connectivity index (χ4n) is 0.887. The predicted molar refractivity (Wildman–Crippen MR) is 58.8 cm³/mol. The topological polar surface area (TPSA) is 32.3 Å². The van der Waals surface area contributed by atoms with Gasteiger partial charge in [0.05, 0.1) is 13.1 Å². The van der Waals surface area contributed by atoms with Crippen LogP contribution in [0.3, 0.4) is 0 Å². The van der Waals surface area contributed by atoms with E-state index in [4.69, 9.17) is 0 Å². The van der Waals surface area contributed by atoms with E-state index in [1.165, 1.54) is 6.92 Å². The van der Waals surface area contributed by atoms with Crippen molar-refractivity contribution >= 4 is 5.91 Å². The highest BCUT2D eigenvalue weighted by Gasteiger charge is 1.94. The van der Waals surface area contributed by atoms with Gasteiger partial charge in [0.25, 0.3) is 0 Å². The molecule has 1 N–H and O–H groups in total. The Morgan fingerprint density at radius 1 is 1.57 bits per heavy atom. The van der Waals surface area contributed by atoms with E-state index in [1.807, 2.05) is 6.08 Å². The van der Waals surface area contributed by atoms with Crippen LogP contribution < -0.4 is 5.32 Å². The summed E-state index contributed by atoms with van der Waals surface area (Å²) in [6.45, 7) is 10.2. The van der Waals surface area contributed by atoms with E-state index >= 15 is 0 Å². The van der Waals surface area contributed by atoms with Crippen molar-refractivity contribution in [3.05, 3.63) is 12.7 Å². The number of amides is 1. The van der Waals surface area contributed by atoms with Crippen LogP contribution in [0.2, 0.25) is 0 Å². The molecule has 0 aliphatic carbocycles. The fourth-order valence-corrected chi connectivity index (χ4v) is 0.887. The molecule has 78 valence electrons. The van der Waals surface area contributed by atoms with Gasteiger partial charge in [0, 0.05) is 13.5 Å². The van der Waals surface area contributed by atoms with Crippen LogP contribution in [0.15, 0.2) is 12.7 Å². The van der Waals surface area contributed by atoms with Gasteiger partial charge in [-0.15, -0.1) is 6.58 Å². The molecule has 0 saturated heterocycles. The average molecular weight is 194 g/mol. The van der Waals surface area contributed by atoms with Crippen molar-refractivity contribution in [2.24, 2.45) is 0 Å². The van der Waals surface area contributed by atoms with Gasteiger partial charge in [0.15, 0.2) is 0 Å². The van der Waals surface area contributed by atoms with Crippen LogP contribution in [0.1, 0.15) is 13.8 Å². The van der Waals surface area contributed by atoms with Crippen LogP contribution in [0.5, 0.6) is 0 Å². The number of hydrogen-bond donors (Lipinski definition) is 1. The monoisotopic (exact) mass is 194 g/mol. The lowest BCUT2D eigenvalue weighted by atomic mass is 10.4. The molecular weight excluding hydrogens is 176 g/mol. The van der Waals surface area contributed by atoms with E-state index in [0.29, 0.717) is 6.54 Å². The number of hydrogen-bond acceptors (Lipinski definition) is 2. The molecule has 0 unspecified atom stereocenters. The van der Waals surface area contributed by atoms with Crippen LogP contribution >= 0.6 is 0 Å². The largest absolute Gasteiger partial charge is 0.345 e. The Kier molecular flexibility index (Phi) is 7.58. The van der Waals surface area contributed by atoms with Gasteiger partial charge >= 0.3 is 0 Å². The Labute approximate surface area is 86.2 Å². The van der Waals surface area contributed by atoms with Gasteiger partial charge < -0.3 is 5.32 Å². The second-order valence-corrected chi connectivity index (χ2v) is 2.88. The first-order valence-corrected chi connectivity index (χ1v) is 4.74. The maximum atomic E-state index is 10.5. The number of carbonyl (C=O) groups excluding carboxylic acids is 1. The Hall–Kier alpha value is -1.27. The van der Waals surface area contributed by atoms with E-state index in [9.17, 15) is 4.79 Å². The fraction of sp³-hybridized carbons (Fsp3) is 0.545. The van der Waals surface area contributed by atoms with Crippen LogP contribution in [0.4, 0.5) is 0 Å². The van der Waals surface area contributed by atoms with Crippen LogP contribution in [0.25, 0.3) is 0 Å². The van der Waals surface area contributed by atoms with E-state index in [0.717, 1.165) is 19.6 Å². The Morgan fingerprint density at radius 3 is 2.79 bits per heavy atom. The molecule has 0 bridgehead atoms. The molecule has 0 aromatic rings. The van der Waals surface area contributed by atoms with Crippen LogP contribution in [-0.2, 0) is 4.79 Å². The number of rotatable bonds is 5. The third-order valence-corrected chi connectivity index (χ3v) is 1.69. The molecule has 0 radical (unpaired) electrons. The molecule has 3 heteroatoms. The molecule has 0 rings (SSSR count). The van der Waals surface area contributed by atoms with Crippen molar-refractivity contribution in [1.29, 1.82) is 0 Å². The van der Waals surface area contributed by atoms with Gasteiger partial charge in [-0.05, 0) is 6.54 Å². The first-order valence-electron chi connectivity index (χ1n) is 4.74. The molecule has 1 amide bonds. The summed E-state index contributed by atoms with van der Waals surface area (Å²) in [5.74, 6) is 5.83. The predicted octanol–water partition coefficient (Wildman–Crippen LogP) is 0.634. The molecule has 0 aromatic carbocycles. The molecule has 0 spiro atoms. The maximum absolute atomic E-state index is 10.5. The van der Waals surface area contributed by atoms with E-state index in [2.05, 4.69) is 35.6 Å². The Morgan fingerprint density at radius 2 is 2.29 bits per heavy atom. The lowest BCUT2D eigenvalue weighted by Crippen LogP contribution is -2.24. The summed E-state index contributed by atoms with van der Waals surface area (Å²) in [4.78, 5) is 12.7. The molecule has 0 atom stereocenters. The summed E-state index contributed by atoms with van der Waals surface area (Å²) in [5.41, 5.74) is 0. The second-order valence-electron chi connectivity index (χ2n) is 2.88. The van der Waals surface area contributed by atoms with Gasteiger partial charge in [-0.25, -0.2) is 0 Å².